The molecule has 1 amide bonds. The molecule has 0 atom stereocenters. The fourth-order valence-electron chi connectivity index (χ4n) is 2.87. The van der Waals surface area contributed by atoms with Gasteiger partial charge in [-0.1, -0.05) is 29.4 Å². The molecule has 0 bridgehead atoms. The van der Waals surface area contributed by atoms with Crippen molar-refractivity contribution in [3.8, 4) is 11.8 Å². The van der Waals surface area contributed by atoms with E-state index < -0.39 is 23.4 Å². The van der Waals surface area contributed by atoms with E-state index in [0.717, 1.165) is 16.8 Å². The number of benzene rings is 2. The lowest BCUT2D eigenvalue weighted by atomic mass is 10.1. The minimum Gasteiger partial charge on any atom is -0.321 e. The van der Waals surface area contributed by atoms with E-state index in [0.29, 0.717) is 16.7 Å². The molecule has 1 aromatic heterocycles. The van der Waals surface area contributed by atoms with Crippen molar-refractivity contribution in [2.75, 3.05) is 5.32 Å². The first-order valence-corrected chi connectivity index (χ1v) is 10.7. The average Bonchev–Trinajstić information content (AvgIpc) is 3.05. The summed E-state index contributed by atoms with van der Waals surface area (Å²) in [7, 11) is 0. The first-order chi connectivity index (χ1) is 16.0. The van der Waals surface area contributed by atoms with Gasteiger partial charge in [0, 0.05) is 16.1 Å². The Bertz CT molecular complexity index is 1280. The lowest BCUT2D eigenvalue weighted by Gasteiger charge is -2.09. The van der Waals surface area contributed by atoms with Gasteiger partial charge in [0.1, 0.15) is 16.8 Å². The molecule has 34 heavy (non-hydrogen) atoms. The lowest BCUT2D eigenvalue weighted by molar-refractivity contribution is -0.137. The molecule has 3 aromatic rings. The summed E-state index contributed by atoms with van der Waals surface area (Å²) < 4.78 is 65.0. The van der Waals surface area contributed by atoms with Gasteiger partial charge in [-0.25, -0.2) is 4.68 Å². The van der Waals surface area contributed by atoms with Crippen LogP contribution in [-0.4, -0.2) is 21.4 Å². The van der Waals surface area contributed by atoms with Gasteiger partial charge in [-0.15, -0.1) is 0 Å². The van der Waals surface area contributed by atoms with Crippen LogP contribution >= 0.6 is 23.4 Å². The Balaban J connectivity index is 1.87. The van der Waals surface area contributed by atoms with Gasteiger partial charge in [0.05, 0.1) is 16.9 Å². The van der Waals surface area contributed by atoms with Crippen LogP contribution in [0.3, 0.4) is 0 Å². The fourth-order valence-corrected chi connectivity index (χ4v) is 3.70. The molecule has 0 aliphatic heterocycles. The van der Waals surface area contributed by atoms with Gasteiger partial charge in [-0.05, 0) is 55.5 Å². The SMILES string of the molecule is Cc1nn(-c2cccc(C(F)(F)F)c2)c(Cl)c1/C=C(/C#N)C(=O)Nc1ccc(SC(F)F)cc1. The van der Waals surface area contributed by atoms with Crippen molar-refractivity contribution in [2.45, 2.75) is 23.8 Å². The maximum Gasteiger partial charge on any atom is 0.416 e. The number of carbonyl (C=O) groups excluding carboxylic acids is 1. The molecular formula is C22H14ClF5N4OS. The topological polar surface area (TPSA) is 70.7 Å². The monoisotopic (exact) mass is 512 g/mol. The molecule has 0 unspecified atom stereocenters. The summed E-state index contributed by atoms with van der Waals surface area (Å²) in [5, 5.41) is 16.0. The number of halogens is 6. The van der Waals surface area contributed by atoms with E-state index in [1.807, 2.05) is 0 Å². The molecule has 12 heteroatoms. The molecule has 176 valence electrons. The van der Waals surface area contributed by atoms with Crippen LogP contribution in [0.25, 0.3) is 11.8 Å². The van der Waals surface area contributed by atoms with Gasteiger partial charge < -0.3 is 5.32 Å². The van der Waals surface area contributed by atoms with Crippen LogP contribution in [-0.2, 0) is 11.0 Å². The Morgan fingerprint density at radius 3 is 2.50 bits per heavy atom. The number of aromatic nitrogens is 2. The molecule has 1 heterocycles. The molecule has 2 aromatic carbocycles. The van der Waals surface area contributed by atoms with Crippen LogP contribution in [0.15, 0.2) is 59.0 Å². The molecule has 0 saturated carbocycles. The number of thioether (sulfide) groups is 1. The Morgan fingerprint density at radius 2 is 1.91 bits per heavy atom. The zero-order valence-electron chi connectivity index (χ0n) is 17.2. The number of aryl methyl sites for hydroxylation is 1. The summed E-state index contributed by atoms with van der Waals surface area (Å²) in [5.74, 6) is -3.38. The van der Waals surface area contributed by atoms with Crippen molar-refractivity contribution >= 4 is 41.0 Å². The molecular weight excluding hydrogens is 499 g/mol. The van der Waals surface area contributed by atoms with Crippen LogP contribution in [0.5, 0.6) is 0 Å². The van der Waals surface area contributed by atoms with E-state index in [1.165, 1.54) is 49.4 Å². The first kappa shape index (κ1) is 25.3. The van der Waals surface area contributed by atoms with Gasteiger partial charge in [0.25, 0.3) is 11.7 Å². The second kappa shape index (κ2) is 10.3. The zero-order valence-corrected chi connectivity index (χ0v) is 18.8. The number of amides is 1. The Labute approximate surface area is 199 Å². The van der Waals surface area contributed by atoms with Crippen molar-refractivity contribution in [1.82, 2.24) is 9.78 Å². The Kier molecular flexibility index (Phi) is 7.64. The van der Waals surface area contributed by atoms with E-state index in [-0.39, 0.29) is 33.4 Å². The molecule has 0 radical (unpaired) electrons. The average molecular weight is 513 g/mol. The molecule has 0 saturated heterocycles. The summed E-state index contributed by atoms with van der Waals surface area (Å²) in [6, 6.07) is 11.7. The number of nitrogens with zero attached hydrogens (tertiary/aromatic N) is 3. The van der Waals surface area contributed by atoms with E-state index in [4.69, 9.17) is 11.6 Å². The van der Waals surface area contributed by atoms with Crippen molar-refractivity contribution < 1.29 is 26.7 Å². The van der Waals surface area contributed by atoms with Gasteiger partial charge in [-0.3, -0.25) is 4.79 Å². The maximum atomic E-state index is 13.0. The lowest BCUT2D eigenvalue weighted by Crippen LogP contribution is -2.13. The van der Waals surface area contributed by atoms with Crippen LogP contribution < -0.4 is 5.32 Å². The number of carbonyl (C=O) groups is 1. The standard InChI is InChI=1S/C22H14ClF5N4OS/c1-12-18(19(23)32(31-12)16-4-2-3-14(10-16)22(26,27)28)9-13(11-29)20(33)30-15-5-7-17(8-6-15)34-21(24)25/h2-10,21H,1H3,(H,30,33)/b13-9-. The van der Waals surface area contributed by atoms with E-state index >= 15 is 0 Å². The molecule has 1 N–H and O–H groups in total. The molecule has 0 fully saturated rings. The minimum absolute atomic E-state index is 0.0484. The largest absolute Gasteiger partial charge is 0.416 e. The van der Waals surface area contributed by atoms with Crippen molar-refractivity contribution in [1.29, 1.82) is 5.26 Å². The van der Waals surface area contributed by atoms with Crippen molar-refractivity contribution in [2.24, 2.45) is 0 Å². The highest BCUT2D eigenvalue weighted by Crippen LogP contribution is 2.32. The second-order valence-electron chi connectivity index (χ2n) is 6.78. The summed E-state index contributed by atoms with van der Waals surface area (Å²) >= 11 is 6.67. The number of alkyl halides is 5. The predicted molar refractivity (Wildman–Crippen MR) is 119 cm³/mol. The van der Waals surface area contributed by atoms with Gasteiger partial charge in [-0.2, -0.15) is 32.3 Å². The Hall–Kier alpha value is -3.36. The fraction of sp³-hybridized carbons (Fsp3) is 0.136. The number of rotatable bonds is 6. The predicted octanol–water partition coefficient (Wildman–Crippen LogP) is 6.71. The third-order valence-electron chi connectivity index (χ3n) is 4.46. The zero-order chi connectivity index (χ0) is 25.0. The quantitative estimate of drug-likeness (QED) is 0.172. The van der Waals surface area contributed by atoms with Gasteiger partial charge in [0.2, 0.25) is 0 Å². The smallest absolute Gasteiger partial charge is 0.321 e. The van der Waals surface area contributed by atoms with E-state index in [9.17, 15) is 32.0 Å². The Morgan fingerprint density at radius 1 is 1.24 bits per heavy atom. The van der Waals surface area contributed by atoms with Crippen LogP contribution in [0.2, 0.25) is 5.15 Å². The number of hydrogen-bond donors (Lipinski definition) is 1. The summed E-state index contributed by atoms with van der Waals surface area (Å²) in [6.45, 7) is 1.52. The molecule has 0 spiro atoms. The molecule has 3 rings (SSSR count). The second-order valence-corrected chi connectivity index (χ2v) is 8.20. The number of nitriles is 1. The van der Waals surface area contributed by atoms with Gasteiger partial charge >= 0.3 is 6.18 Å². The highest BCUT2D eigenvalue weighted by molar-refractivity contribution is 7.99. The first-order valence-electron chi connectivity index (χ1n) is 9.40. The number of nitrogens with one attached hydrogen (secondary N) is 1. The minimum atomic E-state index is -4.56. The normalized spacial score (nSPS) is 12.0. The van der Waals surface area contributed by atoms with Crippen LogP contribution in [0, 0.1) is 18.3 Å². The highest BCUT2D eigenvalue weighted by Gasteiger charge is 2.31. The number of anilines is 1. The van der Waals surface area contributed by atoms with Gasteiger partial charge in [0.15, 0.2) is 0 Å². The van der Waals surface area contributed by atoms with Crippen LogP contribution in [0.4, 0.5) is 27.6 Å². The molecule has 5 nitrogen and oxygen atoms in total. The van der Waals surface area contributed by atoms with Crippen LogP contribution in [0.1, 0.15) is 16.8 Å². The summed E-state index contributed by atoms with van der Waals surface area (Å²) in [6.07, 6.45) is -3.39. The third-order valence-corrected chi connectivity index (χ3v) is 5.54. The van der Waals surface area contributed by atoms with E-state index in [1.54, 1.807) is 6.07 Å². The van der Waals surface area contributed by atoms with Crippen molar-refractivity contribution in [3.05, 3.63) is 76.1 Å². The molecule has 0 aliphatic carbocycles. The van der Waals surface area contributed by atoms with E-state index in [2.05, 4.69) is 10.4 Å². The number of hydrogen-bond acceptors (Lipinski definition) is 4. The maximum absolute atomic E-state index is 13.0. The summed E-state index contributed by atoms with van der Waals surface area (Å²) in [5.41, 5.74) is -0.466. The summed E-state index contributed by atoms with van der Waals surface area (Å²) in [4.78, 5) is 12.8. The van der Waals surface area contributed by atoms with Crippen molar-refractivity contribution in [3.63, 3.8) is 0 Å². The highest BCUT2D eigenvalue weighted by atomic mass is 35.5. The third kappa shape index (κ3) is 5.95. The molecule has 0 aliphatic rings.